The smallest absolute Gasteiger partial charge is 0.223 e. The Kier molecular flexibility index (Phi) is 16.4. The third-order valence-electron chi connectivity index (χ3n) is 15.1. The number of rotatable bonds is 11. The van der Waals surface area contributed by atoms with Gasteiger partial charge in [-0.25, -0.2) is 0 Å². The average molecular weight is 955 g/mol. The first-order valence-electron chi connectivity index (χ1n) is 23.1. The van der Waals surface area contributed by atoms with Crippen molar-refractivity contribution in [3.05, 3.63) is 0 Å². The van der Waals surface area contributed by atoms with Gasteiger partial charge in [0.2, 0.25) is 23.4 Å². The monoisotopic (exact) mass is 954 g/mol. The van der Waals surface area contributed by atoms with Crippen molar-refractivity contribution >= 4 is 11.8 Å². The van der Waals surface area contributed by atoms with Gasteiger partial charge >= 0.3 is 0 Å². The molecule has 8 aliphatic rings. The Balaban J connectivity index is 0.000000196. The molecule has 0 aromatic carbocycles. The first-order valence-corrected chi connectivity index (χ1v) is 23.1. The van der Waals surface area contributed by atoms with Crippen LogP contribution < -0.4 is 0 Å². The van der Waals surface area contributed by atoms with Crippen molar-refractivity contribution in [3.8, 4) is 0 Å². The molecule has 0 aromatic rings. The van der Waals surface area contributed by atoms with E-state index in [4.69, 9.17) is 28.4 Å². The van der Waals surface area contributed by atoms with E-state index in [0.717, 1.165) is 64.2 Å². The molecule has 6 saturated heterocycles. The van der Waals surface area contributed by atoms with Gasteiger partial charge in [-0.2, -0.15) is 0 Å². The summed E-state index contributed by atoms with van der Waals surface area (Å²) in [6.07, 6.45) is -13.9. The van der Waals surface area contributed by atoms with Crippen LogP contribution in [0.25, 0.3) is 0 Å². The van der Waals surface area contributed by atoms with E-state index < -0.39 is 136 Å². The standard InChI is InChI=1S/2C21H35NO11/c23-7-12-14(26)15(27)16(28)19(32-12)33-17-11(24)8-31-21(30,18(17)29)10-22-9-20(6-13(22)25)4-2-1-3-5-20;23-7-11-14(26)15(27)16(28)19(31-11)32-17-12(8-24)33-21(30,18(17)29)10-22-9-20(6-13(22)25)4-2-1-3-5-20/h2*11-12,14-19,23-24,26-30H,1-10H2. The summed E-state index contributed by atoms with van der Waals surface area (Å²) >= 11 is 0. The van der Waals surface area contributed by atoms with Gasteiger partial charge in [0.15, 0.2) is 12.6 Å². The molecule has 0 bridgehead atoms. The molecule has 8 fully saturated rings. The number of nitrogens with zero attached hydrogens (tertiary/aromatic N) is 2. The number of carbonyl (C=O) groups excluding carboxylic acids is 2. The summed E-state index contributed by atoms with van der Waals surface area (Å²) < 4.78 is 32.6. The zero-order chi connectivity index (χ0) is 47.9. The van der Waals surface area contributed by atoms with Gasteiger partial charge in [-0.15, -0.1) is 0 Å². The molecule has 0 aromatic heterocycles. The Labute approximate surface area is 380 Å². The largest absolute Gasteiger partial charge is 0.394 e. The van der Waals surface area contributed by atoms with E-state index >= 15 is 0 Å². The number of ether oxygens (including phenoxy) is 6. The van der Waals surface area contributed by atoms with Crippen molar-refractivity contribution in [2.24, 2.45) is 10.8 Å². The quantitative estimate of drug-likeness (QED) is 0.0916. The molecular formula is C42H70N2O22. The molecule has 2 saturated carbocycles. The average Bonchev–Trinajstić information content (AvgIpc) is 3.85. The van der Waals surface area contributed by atoms with Crippen LogP contribution in [0.3, 0.4) is 0 Å². The number of hydrogen-bond acceptors (Lipinski definition) is 22. The molecule has 18 unspecified atom stereocenters. The lowest BCUT2D eigenvalue weighted by Crippen LogP contribution is -2.67. The van der Waals surface area contributed by atoms with Crippen molar-refractivity contribution in [2.75, 3.05) is 52.6 Å². The SMILES string of the molecule is O=C1CC2(CCCCC2)CN1CC1(O)OC(CO)C(OC2OC(CO)C(O)C(O)C2O)C1O.O=C1CC2(CCCCC2)CN1CC1(O)OCC(O)C(OC2OC(CO)C(O)C(O)C2O)C1O. The number of aliphatic hydroxyl groups is 14. The van der Waals surface area contributed by atoms with Gasteiger partial charge in [0.1, 0.15) is 85.5 Å². The highest BCUT2D eigenvalue weighted by Crippen LogP contribution is 2.47. The number of carbonyl (C=O) groups is 2. The first-order chi connectivity index (χ1) is 31.2. The predicted molar refractivity (Wildman–Crippen MR) is 217 cm³/mol. The van der Waals surface area contributed by atoms with Gasteiger partial charge in [0, 0.05) is 25.9 Å². The number of aliphatic hydroxyl groups excluding tert-OH is 12. The summed E-state index contributed by atoms with van der Waals surface area (Å²) in [6, 6.07) is 0. The molecule has 2 spiro atoms. The normalized spacial score (nSPS) is 46.0. The summed E-state index contributed by atoms with van der Waals surface area (Å²) in [4.78, 5) is 28.3. The van der Waals surface area contributed by atoms with Gasteiger partial charge in [0.05, 0.1) is 39.5 Å². The molecule has 24 nitrogen and oxygen atoms in total. The molecule has 6 aliphatic heterocycles. The molecule has 2 amide bonds. The molecular weight excluding hydrogens is 884 g/mol. The van der Waals surface area contributed by atoms with Crippen LogP contribution in [-0.4, -0.2) is 255 Å². The molecule has 380 valence electrons. The third-order valence-corrected chi connectivity index (χ3v) is 15.1. The molecule has 24 heteroatoms. The van der Waals surface area contributed by atoms with E-state index in [0.29, 0.717) is 25.9 Å². The van der Waals surface area contributed by atoms with Crippen LogP contribution in [0.5, 0.6) is 0 Å². The number of likely N-dealkylation sites (tertiary alicyclic amines) is 2. The first kappa shape index (κ1) is 52.0. The minimum absolute atomic E-state index is 0.127. The highest BCUT2D eigenvalue weighted by Gasteiger charge is 2.60. The highest BCUT2D eigenvalue weighted by atomic mass is 16.7. The lowest BCUT2D eigenvalue weighted by atomic mass is 9.73. The second-order valence-corrected chi connectivity index (χ2v) is 19.9. The van der Waals surface area contributed by atoms with Crippen molar-refractivity contribution in [1.82, 2.24) is 9.80 Å². The molecule has 66 heavy (non-hydrogen) atoms. The maximum Gasteiger partial charge on any atom is 0.223 e. The number of amides is 2. The minimum Gasteiger partial charge on any atom is -0.394 e. The van der Waals surface area contributed by atoms with Gasteiger partial charge < -0.3 is 110 Å². The topological polar surface area (TPSA) is 379 Å². The summed E-state index contributed by atoms with van der Waals surface area (Å²) in [6.45, 7) is -2.16. The van der Waals surface area contributed by atoms with E-state index in [2.05, 4.69) is 0 Å². The molecule has 14 N–H and O–H groups in total. The fourth-order valence-electron chi connectivity index (χ4n) is 11.2. The van der Waals surface area contributed by atoms with Crippen molar-refractivity contribution in [2.45, 2.75) is 187 Å². The van der Waals surface area contributed by atoms with E-state index in [1.165, 1.54) is 9.80 Å². The lowest BCUT2D eigenvalue weighted by Gasteiger charge is -2.47. The molecule has 6 heterocycles. The number of hydrogen-bond donors (Lipinski definition) is 14. The van der Waals surface area contributed by atoms with Crippen LogP contribution in [0.2, 0.25) is 0 Å². The lowest BCUT2D eigenvalue weighted by molar-refractivity contribution is -0.369. The maximum absolute atomic E-state index is 12.7. The van der Waals surface area contributed by atoms with Gasteiger partial charge in [-0.05, 0) is 36.5 Å². The van der Waals surface area contributed by atoms with E-state index in [1.54, 1.807) is 0 Å². The van der Waals surface area contributed by atoms with Gasteiger partial charge in [0.25, 0.3) is 0 Å². The van der Waals surface area contributed by atoms with Crippen LogP contribution in [0.1, 0.15) is 77.0 Å². The van der Waals surface area contributed by atoms with Crippen molar-refractivity contribution in [1.29, 1.82) is 0 Å². The zero-order valence-corrected chi connectivity index (χ0v) is 36.8. The summed E-state index contributed by atoms with van der Waals surface area (Å²) in [7, 11) is 0. The van der Waals surface area contributed by atoms with Crippen LogP contribution in [-0.2, 0) is 38.0 Å². The van der Waals surface area contributed by atoms with Crippen LogP contribution in [0.15, 0.2) is 0 Å². The van der Waals surface area contributed by atoms with E-state index in [-0.39, 0.29) is 35.7 Å². The summed E-state index contributed by atoms with van der Waals surface area (Å²) in [5.41, 5.74) is -0.255. The Bertz CT molecular complexity index is 1550. The van der Waals surface area contributed by atoms with Gasteiger partial charge in [-0.1, -0.05) is 38.5 Å². The second-order valence-electron chi connectivity index (χ2n) is 19.9. The molecule has 0 radical (unpaired) electrons. The zero-order valence-electron chi connectivity index (χ0n) is 36.8. The third kappa shape index (κ3) is 10.4. The Hall–Kier alpha value is -1.86. The Morgan fingerprint density at radius 2 is 0.939 bits per heavy atom. The van der Waals surface area contributed by atoms with Crippen LogP contribution >= 0.6 is 0 Å². The summed E-state index contributed by atoms with van der Waals surface area (Å²) in [5, 5.41) is 143. The van der Waals surface area contributed by atoms with E-state index in [1.807, 2.05) is 0 Å². The minimum atomic E-state index is -2.24. The van der Waals surface area contributed by atoms with Crippen molar-refractivity contribution < 1.29 is 110 Å². The predicted octanol–water partition coefficient (Wildman–Crippen LogP) is -6.41. The molecule has 18 atom stereocenters. The van der Waals surface area contributed by atoms with Crippen LogP contribution in [0, 0.1) is 10.8 Å². The molecule has 8 rings (SSSR count). The fraction of sp³-hybridized carbons (Fsp3) is 0.952. The van der Waals surface area contributed by atoms with Crippen molar-refractivity contribution in [3.63, 3.8) is 0 Å². The van der Waals surface area contributed by atoms with E-state index in [9.17, 15) is 81.1 Å². The second kappa shape index (κ2) is 20.8. The maximum atomic E-state index is 12.7. The Morgan fingerprint density at radius 1 is 0.530 bits per heavy atom. The van der Waals surface area contributed by atoms with Crippen LogP contribution in [0.4, 0.5) is 0 Å². The summed E-state index contributed by atoms with van der Waals surface area (Å²) in [5.74, 6) is -4.76. The van der Waals surface area contributed by atoms with Gasteiger partial charge in [-0.3, -0.25) is 9.59 Å². The fourth-order valence-corrected chi connectivity index (χ4v) is 11.2. The molecule has 2 aliphatic carbocycles. The Morgan fingerprint density at radius 3 is 1.38 bits per heavy atom. The number of β-amino-alcohol motifs (C(OH)–C–C–N with tert-alkyl or cyclic N) is 2. The highest BCUT2D eigenvalue weighted by molar-refractivity contribution is 5.80.